The zero-order chi connectivity index (χ0) is 9.26. The second kappa shape index (κ2) is 3.53. The Hall–Kier alpha value is -0.780. The molecule has 13 heavy (non-hydrogen) atoms. The summed E-state index contributed by atoms with van der Waals surface area (Å²) in [5.74, 6) is 1.73. The molecule has 0 spiro atoms. The van der Waals surface area contributed by atoms with Crippen molar-refractivity contribution in [3.63, 3.8) is 0 Å². The molecule has 0 amide bonds. The van der Waals surface area contributed by atoms with E-state index in [-0.39, 0.29) is 0 Å². The summed E-state index contributed by atoms with van der Waals surface area (Å²) in [6.45, 7) is 4.77. The third-order valence-corrected chi connectivity index (χ3v) is 3.50. The average molecular weight is 174 g/mol. The van der Waals surface area contributed by atoms with E-state index in [2.05, 4.69) is 38.1 Å². The molecule has 0 saturated carbocycles. The molecule has 0 heteroatoms. The van der Waals surface area contributed by atoms with Gasteiger partial charge in [-0.3, -0.25) is 0 Å². The number of hydrogen-bond donors (Lipinski definition) is 0. The van der Waals surface area contributed by atoms with Gasteiger partial charge in [-0.15, -0.1) is 0 Å². The summed E-state index contributed by atoms with van der Waals surface area (Å²) in [6, 6.07) is 8.92. The largest absolute Gasteiger partial charge is 0.0622 e. The zero-order valence-electron chi connectivity index (χ0n) is 8.59. The zero-order valence-corrected chi connectivity index (χ0v) is 8.59. The Kier molecular flexibility index (Phi) is 2.39. The van der Waals surface area contributed by atoms with Crippen LogP contribution in [-0.4, -0.2) is 0 Å². The first kappa shape index (κ1) is 8.80. The van der Waals surface area contributed by atoms with Crippen LogP contribution in [0.2, 0.25) is 0 Å². The number of fused-ring (bicyclic) bond motifs is 1. The molecular formula is C13H18. The van der Waals surface area contributed by atoms with E-state index in [0.717, 1.165) is 11.8 Å². The normalized spacial score (nSPS) is 27.8. The van der Waals surface area contributed by atoms with Crippen molar-refractivity contribution in [1.29, 1.82) is 0 Å². The van der Waals surface area contributed by atoms with Crippen LogP contribution in [0.25, 0.3) is 0 Å². The number of aryl methyl sites for hydroxylation is 1. The van der Waals surface area contributed by atoms with Gasteiger partial charge in [0.05, 0.1) is 0 Å². The number of rotatable bonds is 0. The van der Waals surface area contributed by atoms with Gasteiger partial charge in [-0.1, -0.05) is 38.1 Å². The second-order valence-electron chi connectivity index (χ2n) is 4.47. The monoisotopic (exact) mass is 174 g/mol. The summed E-state index contributed by atoms with van der Waals surface area (Å²) >= 11 is 0. The molecule has 0 nitrogen and oxygen atoms in total. The summed E-state index contributed by atoms with van der Waals surface area (Å²) in [5.41, 5.74) is 3.16. The molecule has 70 valence electrons. The quantitative estimate of drug-likeness (QED) is 0.528. The molecule has 0 saturated heterocycles. The third kappa shape index (κ3) is 1.77. The van der Waals surface area contributed by atoms with Crippen molar-refractivity contribution < 1.29 is 0 Å². The van der Waals surface area contributed by atoms with Crippen molar-refractivity contribution in [2.24, 2.45) is 11.8 Å². The third-order valence-electron chi connectivity index (χ3n) is 3.50. The van der Waals surface area contributed by atoms with Crippen LogP contribution in [0, 0.1) is 11.8 Å². The van der Waals surface area contributed by atoms with E-state index >= 15 is 0 Å². The molecule has 0 aromatic heterocycles. The molecule has 0 heterocycles. The maximum Gasteiger partial charge on any atom is -0.0248 e. The van der Waals surface area contributed by atoms with Crippen molar-refractivity contribution in [1.82, 2.24) is 0 Å². The summed E-state index contributed by atoms with van der Waals surface area (Å²) in [7, 11) is 0. The molecule has 0 bridgehead atoms. The molecule has 1 aromatic carbocycles. The highest BCUT2D eigenvalue weighted by molar-refractivity contribution is 5.28. The minimum atomic E-state index is 0.851. The maximum absolute atomic E-state index is 2.39. The Balaban J connectivity index is 2.29. The van der Waals surface area contributed by atoms with Gasteiger partial charge in [-0.05, 0) is 42.2 Å². The molecule has 2 unspecified atom stereocenters. The van der Waals surface area contributed by atoms with Gasteiger partial charge in [0.1, 0.15) is 0 Å². The van der Waals surface area contributed by atoms with Crippen LogP contribution in [0.3, 0.4) is 0 Å². The van der Waals surface area contributed by atoms with Crippen LogP contribution in [0.4, 0.5) is 0 Å². The van der Waals surface area contributed by atoms with Gasteiger partial charge in [-0.25, -0.2) is 0 Å². The fourth-order valence-electron chi connectivity index (χ4n) is 2.22. The van der Waals surface area contributed by atoms with E-state index in [9.17, 15) is 0 Å². The van der Waals surface area contributed by atoms with Crippen LogP contribution >= 0.6 is 0 Å². The summed E-state index contributed by atoms with van der Waals surface area (Å²) in [4.78, 5) is 0. The summed E-state index contributed by atoms with van der Waals surface area (Å²) in [6.07, 6.45) is 3.91. The molecule has 0 radical (unpaired) electrons. The first-order chi connectivity index (χ1) is 6.27. The Morgan fingerprint density at radius 2 is 1.69 bits per heavy atom. The van der Waals surface area contributed by atoms with E-state index < -0.39 is 0 Å². The molecule has 1 aromatic rings. The maximum atomic E-state index is 2.39. The Labute approximate surface area is 81.0 Å². The van der Waals surface area contributed by atoms with Gasteiger partial charge in [-0.2, -0.15) is 0 Å². The van der Waals surface area contributed by atoms with Crippen LogP contribution in [0.15, 0.2) is 24.3 Å². The van der Waals surface area contributed by atoms with Gasteiger partial charge in [0.25, 0.3) is 0 Å². The predicted molar refractivity (Wildman–Crippen MR) is 56.8 cm³/mol. The smallest absolute Gasteiger partial charge is 0.0248 e. The van der Waals surface area contributed by atoms with E-state index in [4.69, 9.17) is 0 Å². The SMILES string of the molecule is CC1CCc2ccccc2CC1C. The fourth-order valence-corrected chi connectivity index (χ4v) is 2.22. The lowest BCUT2D eigenvalue weighted by atomic mass is 9.90. The molecule has 2 atom stereocenters. The molecule has 0 fully saturated rings. The molecule has 0 aliphatic heterocycles. The van der Waals surface area contributed by atoms with Crippen molar-refractivity contribution in [3.05, 3.63) is 35.4 Å². The second-order valence-corrected chi connectivity index (χ2v) is 4.47. The summed E-state index contributed by atoms with van der Waals surface area (Å²) in [5, 5.41) is 0. The lowest BCUT2D eigenvalue weighted by Crippen LogP contribution is -2.08. The molecule has 0 N–H and O–H groups in total. The van der Waals surface area contributed by atoms with Crippen LogP contribution < -0.4 is 0 Å². The Morgan fingerprint density at radius 1 is 1.00 bits per heavy atom. The standard InChI is InChI=1S/C13H18/c1-10-7-8-12-5-3-4-6-13(12)9-11(10)2/h3-6,10-11H,7-9H2,1-2H3. The van der Waals surface area contributed by atoms with Crippen molar-refractivity contribution in [2.75, 3.05) is 0 Å². The fraction of sp³-hybridized carbons (Fsp3) is 0.538. The highest BCUT2D eigenvalue weighted by atomic mass is 14.2. The molecular weight excluding hydrogens is 156 g/mol. The topological polar surface area (TPSA) is 0 Å². The van der Waals surface area contributed by atoms with Gasteiger partial charge in [0.15, 0.2) is 0 Å². The Morgan fingerprint density at radius 3 is 2.46 bits per heavy atom. The van der Waals surface area contributed by atoms with Crippen molar-refractivity contribution in [2.45, 2.75) is 33.1 Å². The van der Waals surface area contributed by atoms with Crippen molar-refractivity contribution in [3.8, 4) is 0 Å². The first-order valence-electron chi connectivity index (χ1n) is 5.34. The van der Waals surface area contributed by atoms with Crippen LogP contribution in [0.1, 0.15) is 31.4 Å². The van der Waals surface area contributed by atoms with Gasteiger partial charge in [0.2, 0.25) is 0 Å². The number of benzene rings is 1. The first-order valence-corrected chi connectivity index (χ1v) is 5.34. The van der Waals surface area contributed by atoms with E-state index in [1.54, 1.807) is 11.1 Å². The molecule has 1 aliphatic carbocycles. The number of hydrogen-bond acceptors (Lipinski definition) is 0. The summed E-state index contributed by atoms with van der Waals surface area (Å²) < 4.78 is 0. The molecule has 1 aliphatic rings. The van der Waals surface area contributed by atoms with E-state index in [0.29, 0.717) is 0 Å². The average Bonchev–Trinajstić information content (AvgIpc) is 2.28. The minimum Gasteiger partial charge on any atom is -0.0622 e. The van der Waals surface area contributed by atoms with Gasteiger partial charge < -0.3 is 0 Å². The minimum absolute atomic E-state index is 0.851. The lowest BCUT2D eigenvalue weighted by Gasteiger charge is -2.15. The highest BCUT2D eigenvalue weighted by Crippen LogP contribution is 2.28. The van der Waals surface area contributed by atoms with Crippen molar-refractivity contribution >= 4 is 0 Å². The van der Waals surface area contributed by atoms with Gasteiger partial charge in [0, 0.05) is 0 Å². The van der Waals surface area contributed by atoms with E-state index in [1.807, 2.05) is 0 Å². The molecule has 2 rings (SSSR count). The van der Waals surface area contributed by atoms with E-state index in [1.165, 1.54) is 19.3 Å². The highest BCUT2D eigenvalue weighted by Gasteiger charge is 2.18. The van der Waals surface area contributed by atoms with Gasteiger partial charge >= 0.3 is 0 Å². The van der Waals surface area contributed by atoms with Crippen LogP contribution in [0.5, 0.6) is 0 Å². The Bertz CT molecular complexity index is 288. The predicted octanol–water partition coefficient (Wildman–Crippen LogP) is 3.45. The van der Waals surface area contributed by atoms with Crippen LogP contribution in [-0.2, 0) is 12.8 Å². The lowest BCUT2D eigenvalue weighted by molar-refractivity contribution is 0.375.